The molecule has 0 atom stereocenters. The van der Waals surface area contributed by atoms with Gasteiger partial charge in [0.15, 0.2) is 0 Å². The third-order valence-corrected chi connectivity index (χ3v) is 4.05. The summed E-state index contributed by atoms with van der Waals surface area (Å²) in [5, 5.41) is 0. The molecule has 1 aromatic rings. The summed E-state index contributed by atoms with van der Waals surface area (Å²) < 4.78 is 0. The lowest BCUT2D eigenvalue weighted by Gasteiger charge is -2.32. The number of anilines is 1. The molecule has 0 saturated carbocycles. The van der Waals surface area contributed by atoms with Crippen LogP contribution in [0.2, 0.25) is 0 Å². The standard InChI is InChI=1S/C18H30N2O/c1-7-15(8-2)20(11-12(3)4)18(21)16-10-17(19)14(6)9-13(16)5/h9-10,12,15H,7-8,11,19H2,1-6H3. The number of carbonyl (C=O) groups is 1. The maximum atomic E-state index is 13.0. The number of nitrogens with zero attached hydrogens (tertiary/aromatic N) is 1. The molecule has 21 heavy (non-hydrogen) atoms. The van der Waals surface area contributed by atoms with Gasteiger partial charge in [0, 0.05) is 23.8 Å². The van der Waals surface area contributed by atoms with Gasteiger partial charge >= 0.3 is 0 Å². The number of hydrogen-bond acceptors (Lipinski definition) is 2. The molecular weight excluding hydrogens is 260 g/mol. The van der Waals surface area contributed by atoms with Crippen LogP contribution in [0.25, 0.3) is 0 Å². The Labute approximate surface area is 129 Å². The minimum absolute atomic E-state index is 0.113. The van der Waals surface area contributed by atoms with E-state index in [2.05, 4.69) is 27.7 Å². The Kier molecular flexibility index (Phi) is 6.25. The van der Waals surface area contributed by atoms with Crippen LogP contribution in [0.1, 0.15) is 62.0 Å². The molecule has 1 aromatic carbocycles. The van der Waals surface area contributed by atoms with Gasteiger partial charge in [-0.15, -0.1) is 0 Å². The quantitative estimate of drug-likeness (QED) is 0.799. The lowest BCUT2D eigenvalue weighted by atomic mass is 10.00. The van der Waals surface area contributed by atoms with Crippen LogP contribution in [0.5, 0.6) is 0 Å². The maximum absolute atomic E-state index is 13.0. The van der Waals surface area contributed by atoms with E-state index in [1.807, 2.05) is 30.9 Å². The number of benzene rings is 1. The summed E-state index contributed by atoms with van der Waals surface area (Å²) >= 11 is 0. The topological polar surface area (TPSA) is 46.3 Å². The number of hydrogen-bond donors (Lipinski definition) is 1. The van der Waals surface area contributed by atoms with Gasteiger partial charge < -0.3 is 10.6 Å². The van der Waals surface area contributed by atoms with Gasteiger partial charge in [-0.1, -0.05) is 33.8 Å². The first-order valence-corrected chi connectivity index (χ1v) is 7.99. The minimum Gasteiger partial charge on any atom is -0.398 e. The zero-order valence-corrected chi connectivity index (χ0v) is 14.4. The molecule has 118 valence electrons. The molecular formula is C18H30N2O. The Balaban J connectivity index is 3.19. The molecule has 0 aliphatic heterocycles. The third-order valence-electron chi connectivity index (χ3n) is 4.05. The highest BCUT2D eigenvalue weighted by Crippen LogP contribution is 2.22. The van der Waals surface area contributed by atoms with Crippen molar-refractivity contribution >= 4 is 11.6 Å². The van der Waals surface area contributed by atoms with Gasteiger partial charge in [-0.2, -0.15) is 0 Å². The molecule has 1 rings (SSSR count). The van der Waals surface area contributed by atoms with E-state index in [1.54, 1.807) is 0 Å². The molecule has 0 heterocycles. The maximum Gasteiger partial charge on any atom is 0.254 e. The number of rotatable bonds is 6. The van der Waals surface area contributed by atoms with Crippen LogP contribution in [0.4, 0.5) is 5.69 Å². The van der Waals surface area contributed by atoms with Gasteiger partial charge in [-0.25, -0.2) is 0 Å². The van der Waals surface area contributed by atoms with Crippen LogP contribution < -0.4 is 5.73 Å². The molecule has 0 spiro atoms. The smallest absolute Gasteiger partial charge is 0.254 e. The summed E-state index contributed by atoms with van der Waals surface area (Å²) in [5.41, 5.74) is 9.47. The van der Waals surface area contributed by atoms with Gasteiger partial charge in [0.05, 0.1) is 0 Å². The summed E-state index contributed by atoms with van der Waals surface area (Å²) in [6.07, 6.45) is 1.96. The summed E-state index contributed by atoms with van der Waals surface area (Å²) in [5.74, 6) is 0.569. The van der Waals surface area contributed by atoms with Crippen molar-refractivity contribution < 1.29 is 4.79 Å². The molecule has 0 saturated heterocycles. The molecule has 1 amide bonds. The molecule has 0 unspecified atom stereocenters. The highest BCUT2D eigenvalue weighted by atomic mass is 16.2. The third kappa shape index (κ3) is 4.23. The van der Waals surface area contributed by atoms with Gasteiger partial charge in [0.2, 0.25) is 0 Å². The second-order valence-corrected chi connectivity index (χ2v) is 6.35. The van der Waals surface area contributed by atoms with Crippen molar-refractivity contribution in [2.75, 3.05) is 12.3 Å². The molecule has 3 nitrogen and oxygen atoms in total. The molecule has 0 aliphatic carbocycles. The van der Waals surface area contributed by atoms with E-state index >= 15 is 0 Å². The number of amides is 1. The van der Waals surface area contributed by atoms with Gasteiger partial charge in [0.1, 0.15) is 0 Å². The molecule has 0 aromatic heterocycles. The first-order chi connectivity index (χ1) is 9.81. The normalized spacial score (nSPS) is 11.2. The van der Waals surface area contributed by atoms with Crippen LogP contribution in [-0.4, -0.2) is 23.4 Å². The number of aryl methyl sites for hydroxylation is 2. The fraction of sp³-hybridized carbons (Fsp3) is 0.611. The zero-order valence-electron chi connectivity index (χ0n) is 14.4. The average molecular weight is 290 g/mol. The van der Waals surface area contributed by atoms with Crippen molar-refractivity contribution in [1.82, 2.24) is 4.90 Å². The number of carbonyl (C=O) groups excluding carboxylic acids is 1. The van der Waals surface area contributed by atoms with Crippen molar-refractivity contribution in [3.8, 4) is 0 Å². The Morgan fingerprint density at radius 2 is 1.71 bits per heavy atom. The largest absolute Gasteiger partial charge is 0.398 e. The molecule has 3 heteroatoms. The lowest BCUT2D eigenvalue weighted by Crippen LogP contribution is -2.42. The molecule has 0 fully saturated rings. The first-order valence-electron chi connectivity index (χ1n) is 7.99. The van der Waals surface area contributed by atoms with Crippen molar-refractivity contribution in [1.29, 1.82) is 0 Å². The Hall–Kier alpha value is -1.51. The Morgan fingerprint density at radius 1 is 1.14 bits per heavy atom. The van der Waals surface area contributed by atoms with Gasteiger partial charge in [-0.05, 0) is 49.8 Å². The molecule has 0 bridgehead atoms. The van der Waals surface area contributed by atoms with Crippen LogP contribution >= 0.6 is 0 Å². The van der Waals surface area contributed by atoms with Crippen LogP contribution in [0.3, 0.4) is 0 Å². The van der Waals surface area contributed by atoms with Crippen molar-refractivity contribution in [2.24, 2.45) is 5.92 Å². The highest BCUT2D eigenvalue weighted by molar-refractivity contribution is 5.97. The second kappa shape index (κ2) is 7.48. The highest BCUT2D eigenvalue weighted by Gasteiger charge is 2.24. The second-order valence-electron chi connectivity index (χ2n) is 6.35. The van der Waals surface area contributed by atoms with Crippen LogP contribution in [0.15, 0.2) is 12.1 Å². The predicted molar refractivity (Wildman–Crippen MR) is 90.6 cm³/mol. The number of nitrogens with two attached hydrogens (primary N) is 1. The molecule has 0 radical (unpaired) electrons. The first kappa shape index (κ1) is 17.5. The minimum atomic E-state index is 0.113. The summed E-state index contributed by atoms with van der Waals surface area (Å²) in [6, 6.07) is 4.13. The van der Waals surface area contributed by atoms with E-state index in [1.165, 1.54) is 0 Å². The molecule has 0 aliphatic rings. The predicted octanol–water partition coefficient (Wildman–Crippen LogP) is 4.17. The zero-order chi connectivity index (χ0) is 16.2. The van der Waals surface area contributed by atoms with E-state index < -0.39 is 0 Å². The summed E-state index contributed by atoms with van der Waals surface area (Å²) in [7, 11) is 0. The average Bonchev–Trinajstić information content (AvgIpc) is 2.42. The SMILES string of the molecule is CCC(CC)N(CC(C)C)C(=O)c1cc(N)c(C)cc1C. The van der Waals surface area contributed by atoms with Gasteiger partial charge in [0.25, 0.3) is 5.91 Å². The van der Waals surface area contributed by atoms with Crippen LogP contribution in [-0.2, 0) is 0 Å². The molecule has 2 N–H and O–H groups in total. The summed E-state index contributed by atoms with van der Waals surface area (Å²) in [4.78, 5) is 15.0. The fourth-order valence-electron chi connectivity index (χ4n) is 2.77. The van der Waals surface area contributed by atoms with Crippen molar-refractivity contribution in [3.05, 3.63) is 28.8 Å². The van der Waals surface area contributed by atoms with Crippen molar-refractivity contribution in [2.45, 2.75) is 60.4 Å². The fourth-order valence-corrected chi connectivity index (χ4v) is 2.77. The lowest BCUT2D eigenvalue weighted by molar-refractivity contribution is 0.0639. The monoisotopic (exact) mass is 290 g/mol. The van der Waals surface area contributed by atoms with E-state index in [-0.39, 0.29) is 5.91 Å². The van der Waals surface area contributed by atoms with E-state index in [0.29, 0.717) is 17.6 Å². The van der Waals surface area contributed by atoms with E-state index in [4.69, 9.17) is 5.73 Å². The number of nitrogen functional groups attached to an aromatic ring is 1. The van der Waals surface area contributed by atoms with E-state index in [0.717, 1.165) is 36.1 Å². The Morgan fingerprint density at radius 3 is 2.19 bits per heavy atom. The summed E-state index contributed by atoms with van der Waals surface area (Å²) in [6.45, 7) is 13.3. The Bertz CT molecular complexity index is 490. The van der Waals surface area contributed by atoms with E-state index in [9.17, 15) is 4.79 Å². The van der Waals surface area contributed by atoms with Crippen molar-refractivity contribution in [3.63, 3.8) is 0 Å². The van der Waals surface area contributed by atoms with Gasteiger partial charge in [-0.3, -0.25) is 4.79 Å². The van der Waals surface area contributed by atoms with Crippen LogP contribution in [0, 0.1) is 19.8 Å².